The Morgan fingerprint density at radius 3 is 2.00 bits per heavy atom. The number of fused-ring (bicyclic) bond motifs is 13. The maximum absolute atomic E-state index is 5.12. The van der Waals surface area contributed by atoms with Crippen LogP contribution in [0.5, 0.6) is 0 Å². The lowest BCUT2D eigenvalue weighted by Crippen LogP contribution is -2.26. The lowest BCUT2D eigenvalue weighted by atomic mass is 9.71. The quantitative estimate of drug-likeness (QED) is 0.205. The zero-order valence-corrected chi connectivity index (χ0v) is 24.3. The van der Waals surface area contributed by atoms with Crippen molar-refractivity contribution in [3.63, 3.8) is 0 Å². The number of thiophene rings is 1. The number of pyridine rings is 3. The van der Waals surface area contributed by atoms with Crippen LogP contribution < -0.4 is 0 Å². The molecule has 0 fully saturated rings. The molecular weight excluding hydrogens is 555 g/mol. The molecule has 0 aliphatic heterocycles. The molecule has 0 amide bonds. The molecule has 8 aromatic rings. The van der Waals surface area contributed by atoms with E-state index < -0.39 is 5.41 Å². The predicted molar refractivity (Wildman–Crippen MR) is 180 cm³/mol. The largest absolute Gasteiger partial charge is 0.264 e. The third-order valence-corrected chi connectivity index (χ3v) is 10.7. The predicted octanol–water partition coefficient (Wildman–Crippen LogP) is 9.92. The van der Waals surface area contributed by atoms with Crippen LogP contribution in [-0.4, -0.2) is 15.0 Å². The van der Waals surface area contributed by atoms with Gasteiger partial charge in [0.25, 0.3) is 0 Å². The number of benzene rings is 4. The van der Waals surface area contributed by atoms with Gasteiger partial charge >= 0.3 is 0 Å². The summed E-state index contributed by atoms with van der Waals surface area (Å²) in [6.45, 7) is 0. The standard InChI is InChI=1S/C40H23N3S/c1-3-11-32-28(7-1)29-8-2-4-12-33(29)40(32)34-13-6-19-42-37(34)38-35(40)21-26(22-43-38)24-14-16-25(17-15-24)27-9-5-10-30-31-23-41-20-18-36(31)44-39(27)30/h1-23H. The SMILES string of the molecule is c1ccc2c(c1)-c1ccccc1C21c2cccnc2-c2ncc(-c3ccc(-c4cccc5c4sc4ccncc45)cc3)cc21. The van der Waals surface area contributed by atoms with Crippen LogP contribution in [0.4, 0.5) is 0 Å². The molecule has 204 valence electrons. The lowest BCUT2D eigenvalue weighted by Gasteiger charge is -2.30. The number of aromatic nitrogens is 3. The smallest absolute Gasteiger partial charge is 0.0937 e. The van der Waals surface area contributed by atoms with Crippen molar-refractivity contribution in [1.29, 1.82) is 0 Å². The molecule has 2 aliphatic carbocycles. The highest BCUT2D eigenvalue weighted by molar-refractivity contribution is 7.26. The fraction of sp³-hybridized carbons (Fsp3) is 0.0250. The Balaban J connectivity index is 1.15. The minimum absolute atomic E-state index is 0.444. The molecule has 3 nitrogen and oxygen atoms in total. The van der Waals surface area contributed by atoms with Gasteiger partial charge in [-0.15, -0.1) is 11.3 Å². The van der Waals surface area contributed by atoms with Crippen molar-refractivity contribution in [3.05, 3.63) is 162 Å². The second-order valence-corrected chi connectivity index (χ2v) is 12.6. The van der Waals surface area contributed by atoms with Crippen molar-refractivity contribution in [2.75, 3.05) is 0 Å². The summed E-state index contributed by atoms with van der Waals surface area (Å²) in [6, 6.07) is 41.9. The monoisotopic (exact) mass is 577 g/mol. The Morgan fingerprint density at radius 1 is 0.477 bits per heavy atom. The van der Waals surface area contributed by atoms with Crippen LogP contribution in [0.25, 0.3) is 64.9 Å². The number of hydrogen-bond donors (Lipinski definition) is 0. The van der Waals surface area contributed by atoms with E-state index in [4.69, 9.17) is 9.97 Å². The number of nitrogens with zero attached hydrogens (tertiary/aromatic N) is 3. The van der Waals surface area contributed by atoms with E-state index in [0.717, 1.165) is 22.5 Å². The summed E-state index contributed by atoms with van der Waals surface area (Å²) in [5.41, 5.74) is 13.8. The molecule has 1 spiro atoms. The number of rotatable bonds is 2. The van der Waals surface area contributed by atoms with Crippen molar-refractivity contribution in [3.8, 4) is 44.8 Å². The zero-order valence-electron chi connectivity index (χ0n) is 23.5. The maximum Gasteiger partial charge on any atom is 0.0937 e. The molecule has 0 unspecified atom stereocenters. The van der Waals surface area contributed by atoms with E-state index in [0.29, 0.717) is 0 Å². The molecule has 0 saturated carbocycles. The molecule has 4 heterocycles. The normalized spacial score (nSPS) is 13.6. The van der Waals surface area contributed by atoms with Gasteiger partial charge in [-0.05, 0) is 62.7 Å². The van der Waals surface area contributed by atoms with Gasteiger partial charge in [-0.3, -0.25) is 15.0 Å². The minimum Gasteiger partial charge on any atom is -0.264 e. The van der Waals surface area contributed by atoms with E-state index in [1.165, 1.54) is 64.7 Å². The number of hydrogen-bond acceptors (Lipinski definition) is 4. The summed E-state index contributed by atoms with van der Waals surface area (Å²) < 4.78 is 2.57. The fourth-order valence-electron chi connectivity index (χ4n) is 7.67. The molecule has 0 saturated heterocycles. The van der Waals surface area contributed by atoms with Crippen molar-refractivity contribution < 1.29 is 0 Å². The van der Waals surface area contributed by atoms with Crippen LogP contribution in [0, 0.1) is 0 Å². The molecule has 0 bridgehead atoms. The molecule has 4 aromatic heterocycles. The maximum atomic E-state index is 5.12. The molecule has 4 heteroatoms. The summed E-state index contributed by atoms with van der Waals surface area (Å²) in [7, 11) is 0. The Kier molecular flexibility index (Phi) is 4.80. The van der Waals surface area contributed by atoms with Gasteiger partial charge in [-0.1, -0.05) is 97.1 Å². The molecule has 0 radical (unpaired) electrons. The molecule has 4 aromatic carbocycles. The summed E-state index contributed by atoms with van der Waals surface area (Å²) in [6.07, 6.45) is 7.75. The van der Waals surface area contributed by atoms with E-state index in [2.05, 4.69) is 120 Å². The van der Waals surface area contributed by atoms with Gasteiger partial charge in [0.05, 0.1) is 16.8 Å². The Labute approximate surface area is 258 Å². The van der Waals surface area contributed by atoms with Gasteiger partial charge < -0.3 is 0 Å². The molecule has 2 aliphatic rings. The van der Waals surface area contributed by atoms with Crippen molar-refractivity contribution >= 4 is 31.5 Å². The first-order chi connectivity index (χ1) is 21.8. The van der Waals surface area contributed by atoms with Crippen LogP contribution in [0.3, 0.4) is 0 Å². The highest BCUT2D eigenvalue weighted by Crippen LogP contribution is 2.62. The van der Waals surface area contributed by atoms with Crippen molar-refractivity contribution in [2.45, 2.75) is 5.41 Å². The van der Waals surface area contributed by atoms with E-state index >= 15 is 0 Å². The molecule has 10 rings (SSSR count). The summed E-state index contributed by atoms with van der Waals surface area (Å²) in [4.78, 5) is 14.4. The molecule has 0 N–H and O–H groups in total. The first-order valence-electron chi connectivity index (χ1n) is 14.8. The summed E-state index contributed by atoms with van der Waals surface area (Å²) >= 11 is 1.83. The van der Waals surface area contributed by atoms with Crippen LogP contribution in [-0.2, 0) is 5.41 Å². The van der Waals surface area contributed by atoms with Crippen LogP contribution in [0.1, 0.15) is 22.3 Å². The van der Waals surface area contributed by atoms with Gasteiger partial charge in [-0.2, -0.15) is 0 Å². The topological polar surface area (TPSA) is 38.7 Å². The van der Waals surface area contributed by atoms with E-state index in [1.807, 2.05) is 36.1 Å². The third-order valence-electron chi connectivity index (χ3n) is 9.51. The van der Waals surface area contributed by atoms with Crippen LogP contribution in [0.15, 0.2) is 140 Å². The average molecular weight is 578 g/mol. The van der Waals surface area contributed by atoms with Gasteiger partial charge in [0.15, 0.2) is 0 Å². The van der Waals surface area contributed by atoms with Gasteiger partial charge in [-0.25, -0.2) is 0 Å². The first-order valence-corrected chi connectivity index (χ1v) is 15.7. The summed E-state index contributed by atoms with van der Waals surface area (Å²) in [5.74, 6) is 0. The van der Waals surface area contributed by atoms with Crippen LogP contribution in [0.2, 0.25) is 0 Å². The second-order valence-electron chi connectivity index (χ2n) is 11.6. The Morgan fingerprint density at radius 2 is 1.18 bits per heavy atom. The van der Waals surface area contributed by atoms with E-state index in [9.17, 15) is 0 Å². The molecular formula is C40H23N3S. The zero-order chi connectivity index (χ0) is 28.8. The van der Waals surface area contributed by atoms with E-state index in [1.54, 1.807) is 0 Å². The minimum atomic E-state index is -0.444. The van der Waals surface area contributed by atoms with Gasteiger partial charge in [0.1, 0.15) is 0 Å². The lowest BCUT2D eigenvalue weighted by molar-refractivity contribution is 0.790. The van der Waals surface area contributed by atoms with Gasteiger partial charge in [0.2, 0.25) is 0 Å². The van der Waals surface area contributed by atoms with Crippen molar-refractivity contribution in [1.82, 2.24) is 15.0 Å². The van der Waals surface area contributed by atoms with Crippen molar-refractivity contribution in [2.24, 2.45) is 0 Å². The average Bonchev–Trinajstić information content (AvgIpc) is 3.72. The van der Waals surface area contributed by atoms with E-state index in [-0.39, 0.29) is 0 Å². The first kappa shape index (κ1) is 24.0. The fourth-order valence-corrected chi connectivity index (χ4v) is 8.87. The third kappa shape index (κ3) is 3.03. The molecule has 44 heavy (non-hydrogen) atoms. The summed E-state index contributed by atoms with van der Waals surface area (Å²) in [5, 5.41) is 2.48. The Bertz CT molecular complexity index is 2390. The van der Waals surface area contributed by atoms with Crippen LogP contribution >= 0.6 is 11.3 Å². The highest BCUT2D eigenvalue weighted by Gasteiger charge is 2.52. The van der Waals surface area contributed by atoms with Gasteiger partial charge in [0, 0.05) is 56.1 Å². The second kappa shape index (κ2) is 8.79. The Hall–Kier alpha value is -5.45. The molecule has 0 atom stereocenters. The highest BCUT2D eigenvalue weighted by atomic mass is 32.1.